The maximum absolute atomic E-state index is 11.7. The lowest BCUT2D eigenvalue weighted by Crippen LogP contribution is -2.26. The first-order chi connectivity index (χ1) is 9.58. The van der Waals surface area contributed by atoms with Crippen molar-refractivity contribution in [2.24, 2.45) is 0 Å². The van der Waals surface area contributed by atoms with Crippen LogP contribution < -0.4 is 5.32 Å². The van der Waals surface area contributed by atoms with Crippen molar-refractivity contribution in [1.29, 1.82) is 0 Å². The van der Waals surface area contributed by atoms with Gasteiger partial charge in [0.15, 0.2) is 0 Å². The number of hydrogen-bond acceptors (Lipinski definition) is 5. The lowest BCUT2D eigenvalue weighted by Gasteiger charge is -2.03. The summed E-state index contributed by atoms with van der Waals surface area (Å²) >= 11 is 0. The summed E-state index contributed by atoms with van der Waals surface area (Å²) in [5.74, 6) is -0.536. The maximum atomic E-state index is 11.7. The Balaban J connectivity index is 1.80. The number of carbonyl (C=O) groups excluding carboxylic acids is 1. The summed E-state index contributed by atoms with van der Waals surface area (Å²) in [5, 5.41) is 23.2. The van der Waals surface area contributed by atoms with Crippen LogP contribution in [0.5, 0.6) is 0 Å². The highest BCUT2D eigenvalue weighted by Gasteiger charge is 2.22. The molecule has 2 aromatic rings. The average Bonchev–Trinajstić information content (AvgIpc) is 3.03. The van der Waals surface area contributed by atoms with Crippen LogP contribution in [-0.4, -0.2) is 37.4 Å². The van der Waals surface area contributed by atoms with Crippen molar-refractivity contribution in [2.45, 2.75) is 19.9 Å². The van der Waals surface area contributed by atoms with Gasteiger partial charge in [-0.1, -0.05) is 0 Å². The number of amides is 1. The molecule has 0 radical (unpaired) electrons. The van der Waals surface area contributed by atoms with Crippen molar-refractivity contribution in [3.63, 3.8) is 0 Å². The van der Waals surface area contributed by atoms with E-state index >= 15 is 0 Å². The highest BCUT2D eigenvalue weighted by atomic mass is 16.6. The lowest BCUT2D eigenvalue weighted by atomic mass is 10.3. The van der Waals surface area contributed by atoms with Crippen LogP contribution in [0.4, 0.5) is 5.69 Å². The summed E-state index contributed by atoms with van der Waals surface area (Å²) in [6.45, 7) is 3.01. The Morgan fingerprint density at radius 3 is 3.00 bits per heavy atom. The zero-order valence-corrected chi connectivity index (χ0v) is 10.9. The second kappa shape index (κ2) is 5.95. The molecule has 0 saturated carbocycles. The molecule has 0 aromatic carbocycles. The van der Waals surface area contributed by atoms with Gasteiger partial charge >= 0.3 is 5.69 Å². The number of nitro groups is 1. The van der Waals surface area contributed by atoms with Crippen LogP contribution in [-0.2, 0) is 6.54 Å². The van der Waals surface area contributed by atoms with E-state index in [-0.39, 0.29) is 11.4 Å². The quantitative estimate of drug-likeness (QED) is 0.456. The number of hydrogen-bond donors (Lipinski definition) is 2. The Morgan fingerprint density at radius 1 is 1.55 bits per heavy atom. The van der Waals surface area contributed by atoms with Crippen molar-refractivity contribution in [2.75, 3.05) is 6.54 Å². The molecule has 2 N–H and O–H groups in total. The van der Waals surface area contributed by atoms with Gasteiger partial charge in [0.25, 0.3) is 5.91 Å². The molecule has 20 heavy (non-hydrogen) atoms. The molecule has 9 heteroatoms. The van der Waals surface area contributed by atoms with Gasteiger partial charge < -0.3 is 5.32 Å². The van der Waals surface area contributed by atoms with E-state index in [0.29, 0.717) is 19.5 Å². The van der Waals surface area contributed by atoms with E-state index in [0.717, 1.165) is 11.8 Å². The molecule has 1 amide bonds. The number of nitrogens with zero attached hydrogens (tertiary/aromatic N) is 4. The van der Waals surface area contributed by atoms with Gasteiger partial charge in [-0.25, -0.2) is 0 Å². The molecule has 2 heterocycles. The number of aromatic amines is 1. The fourth-order valence-corrected chi connectivity index (χ4v) is 1.71. The maximum Gasteiger partial charge on any atom is 0.319 e. The van der Waals surface area contributed by atoms with Gasteiger partial charge in [-0.05, 0) is 18.9 Å². The van der Waals surface area contributed by atoms with E-state index in [9.17, 15) is 14.9 Å². The molecule has 0 atom stereocenters. The SMILES string of the molecule is Cc1cnn(CCCNC(=O)c2[nH]ncc2[N+](=O)[O-])c1. The Bertz CT molecular complexity index is 617. The molecular weight excluding hydrogens is 264 g/mol. The van der Waals surface area contributed by atoms with Crippen molar-refractivity contribution >= 4 is 11.6 Å². The first-order valence-electron chi connectivity index (χ1n) is 6.03. The number of rotatable bonds is 6. The molecule has 0 aliphatic rings. The number of aromatic nitrogens is 4. The van der Waals surface area contributed by atoms with Crippen molar-refractivity contribution < 1.29 is 9.72 Å². The molecule has 0 unspecified atom stereocenters. The Kier molecular flexibility index (Phi) is 4.08. The molecular formula is C11H14N6O3. The fraction of sp³-hybridized carbons (Fsp3) is 0.364. The van der Waals surface area contributed by atoms with Crippen molar-refractivity contribution in [1.82, 2.24) is 25.3 Å². The van der Waals surface area contributed by atoms with Crippen LogP contribution in [0.2, 0.25) is 0 Å². The van der Waals surface area contributed by atoms with Gasteiger partial charge in [0, 0.05) is 19.3 Å². The Hall–Kier alpha value is -2.71. The molecule has 0 bridgehead atoms. The minimum Gasteiger partial charge on any atom is -0.350 e. The smallest absolute Gasteiger partial charge is 0.319 e. The second-order valence-corrected chi connectivity index (χ2v) is 4.28. The summed E-state index contributed by atoms with van der Waals surface area (Å²) < 4.78 is 1.78. The molecule has 0 spiro atoms. The number of H-pyrrole nitrogens is 1. The predicted octanol–water partition coefficient (Wildman–Crippen LogP) is 0.643. The fourth-order valence-electron chi connectivity index (χ4n) is 1.71. The van der Waals surface area contributed by atoms with Gasteiger partial charge in [0.05, 0.1) is 11.1 Å². The van der Waals surface area contributed by atoms with Gasteiger partial charge in [0.1, 0.15) is 6.20 Å². The third-order valence-electron chi connectivity index (χ3n) is 2.65. The summed E-state index contributed by atoms with van der Waals surface area (Å²) in [4.78, 5) is 21.7. The van der Waals surface area contributed by atoms with E-state index in [1.54, 1.807) is 10.9 Å². The average molecular weight is 278 g/mol. The van der Waals surface area contributed by atoms with Crippen LogP contribution in [0, 0.1) is 17.0 Å². The van der Waals surface area contributed by atoms with E-state index in [2.05, 4.69) is 20.6 Å². The monoisotopic (exact) mass is 278 g/mol. The predicted molar refractivity (Wildman–Crippen MR) is 69.2 cm³/mol. The lowest BCUT2D eigenvalue weighted by molar-refractivity contribution is -0.385. The third-order valence-corrected chi connectivity index (χ3v) is 2.65. The normalized spacial score (nSPS) is 10.4. The van der Waals surface area contributed by atoms with Crippen LogP contribution >= 0.6 is 0 Å². The van der Waals surface area contributed by atoms with Crippen molar-refractivity contribution in [3.8, 4) is 0 Å². The number of aryl methyl sites for hydroxylation is 2. The number of nitrogens with one attached hydrogen (secondary N) is 2. The highest BCUT2D eigenvalue weighted by molar-refractivity contribution is 5.95. The summed E-state index contributed by atoms with van der Waals surface area (Å²) in [7, 11) is 0. The summed E-state index contributed by atoms with van der Waals surface area (Å²) in [5.41, 5.74) is 0.609. The minimum atomic E-state index is -0.648. The molecule has 0 aliphatic heterocycles. The highest BCUT2D eigenvalue weighted by Crippen LogP contribution is 2.13. The van der Waals surface area contributed by atoms with Gasteiger partial charge in [-0.15, -0.1) is 0 Å². The summed E-state index contributed by atoms with van der Waals surface area (Å²) in [6.07, 6.45) is 5.35. The molecule has 9 nitrogen and oxygen atoms in total. The standard InChI is InChI=1S/C11H14N6O3/c1-8-5-14-16(7-8)4-2-3-12-11(18)10-9(17(19)20)6-13-15-10/h5-7H,2-4H2,1H3,(H,12,18)(H,13,15). The molecule has 0 saturated heterocycles. The van der Waals surface area contributed by atoms with Gasteiger partial charge in [0.2, 0.25) is 5.69 Å². The zero-order chi connectivity index (χ0) is 14.5. The second-order valence-electron chi connectivity index (χ2n) is 4.28. The van der Waals surface area contributed by atoms with Gasteiger partial charge in [-0.3, -0.25) is 24.7 Å². The molecule has 2 rings (SSSR count). The van der Waals surface area contributed by atoms with E-state index in [1.165, 1.54) is 0 Å². The van der Waals surface area contributed by atoms with Crippen LogP contribution in [0.3, 0.4) is 0 Å². The van der Waals surface area contributed by atoms with E-state index in [1.807, 2.05) is 13.1 Å². The zero-order valence-electron chi connectivity index (χ0n) is 10.9. The molecule has 0 fully saturated rings. The van der Waals surface area contributed by atoms with Gasteiger partial charge in [-0.2, -0.15) is 10.2 Å². The van der Waals surface area contributed by atoms with E-state index < -0.39 is 10.8 Å². The number of carbonyl (C=O) groups is 1. The van der Waals surface area contributed by atoms with E-state index in [4.69, 9.17) is 0 Å². The molecule has 0 aliphatic carbocycles. The Morgan fingerprint density at radius 2 is 2.35 bits per heavy atom. The summed E-state index contributed by atoms with van der Waals surface area (Å²) in [6, 6.07) is 0. The van der Waals surface area contributed by atoms with Crippen molar-refractivity contribution in [3.05, 3.63) is 40.0 Å². The largest absolute Gasteiger partial charge is 0.350 e. The first-order valence-corrected chi connectivity index (χ1v) is 6.03. The van der Waals surface area contributed by atoms with Crippen LogP contribution in [0.25, 0.3) is 0 Å². The van der Waals surface area contributed by atoms with Crippen LogP contribution in [0.1, 0.15) is 22.5 Å². The third kappa shape index (κ3) is 3.19. The molecule has 2 aromatic heterocycles. The Labute approximate surface area is 114 Å². The minimum absolute atomic E-state index is 0.134. The first kappa shape index (κ1) is 13.7. The topological polar surface area (TPSA) is 119 Å². The molecule has 106 valence electrons. The van der Waals surface area contributed by atoms with Crippen LogP contribution in [0.15, 0.2) is 18.6 Å².